The molecule has 0 radical (unpaired) electrons. The summed E-state index contributed by atoms with van der Waals surface area (Å²) in [6, 6.07) is 0. The fourth-order valence-electron chi connectivity index (χ4n) is 1.80. The monoisotopic (exact) mass is 303 g/mol. The third kappa shape index (κ3) is 3.02. The van der Waals surface area contributed by atoms with E-state index in [1.54, 1.807) is 0 Å². The van der Waals surface area contributed by atoms with E-state index >= 15 is 0 Å². The van der Waals surface area contributed by atoms with Gasteiger partial charge >= 0.3 is 0 Å². The van der Waals surface area contributed by atoms with Crippen LogP contribution in [-0.4, -0.2) is 34.1 Å². The van der Waals surface area contributed by atoms with E-state index in [2.05, 4.69) is 15.3 Å². The molecule has 0 spiro atoms. The molecule has 2 rings (SSSR count). The highest BCUT2D eigenvalue weighted by atomic mass is 32.1. The fourth-order valence-corrected chi connectivity index (χ4v) is 2.85. The topological polar surface area (TPSA) is 78.0 Å². The van der Waals surface area contributed by atoms with Gasteiger partial charge in [0, 0.05) is 4.88 Å². The number of thiophene rings is 1. The first-order valence-electron chi connectivity index (χ1n) is 6.02. The van der Waals surface area contributed by atoms with Gasteiger partial charge in [-0.2, -0.15) is 0 Å². The van der Waals surface area contributed by atoms with E-state index in [-0.39, 0.29) is 12.1 Å². The molecule has 0 atom stereocenters. The number of rotatable bonds is 5. The highest BCUT2D eigenvalue weighted by molar-refractivity contribution is 7.18. The molecule has 0 fully saturated rings. The highest BCUT2D eigenvalue weighted by Gasteiger charge is 2.26. The van der Waals surface area contributed by atoms with E-state index in [0.717, 1.165) is 10.4 Å². The van der Waals surface area contributed by atoms with E-state index in [1.807, 2.05) is 13.8 Å². The SMILES string of the molecule is Cc1sc2nc(CNCC(F)(F)CO)[nH]c(=O)c2c1C. The number of alkyl halides is 2. The van der Waals surface area contributed by atoms with E-state index in [1.165, 1.54) is 11.3 Å². The predicted octanol–water partition coefficient (Wildman–Crippen LogP) is 1.32. The van der Waals surface area contributed by atoms with Crippen molar-refractivity contribution in [2.45, 2.75) is 26.3 Å². The quantitative estimate of drug-likeness (QED) is 0.778. The minimum Gasteiger partial charge on any atom is -0.390 e. The van der Waals surface area contributed by atoms with Crippen LogP contribution in [0.15, 0.2) is 4.79 Å². The second kappa shape index (κ2) is 5.55. The number of fused-ring (bicyclic) bond motifs is 1. The van der Waals surface area contributed by atoms with Gasteiger partial charge in [-0.1, -0.05) is 0 Å². The summed E-state index contributed by atoms with van der Waals surface area (Å²) in [5.74, 6) is -2.88. The molecule has 0 aliphatic carbocycles. The largest absolute Gasteiger partial charge is 0.390 e. The first-order valence-corrected chi connectivity index (χ1v) is 6.84. The molecule has 0 bridgehead atoms. The molecule has 0 aliphatic rings. The van der Waals surface area contributed by atoms with Crippen molar-refractivity contribution in [2.24, 2.45) is 0 Å². The molecular weight excluding hydrogens is 288 g/mol. The Morgan fingerprint density at radius 1 is 1.45 bits per heavy atom. The van der Waals surface area contributed by atoms with Crippen LogP contribution < -0.4 is 10.9 Å². The molecule has 5 nitrogen and oxygen atoms in total. The van der Waals surface area contributed by atoms with Crippen molar-refractivity contribution in [2.75, 3.05) is 13.2 Å². The minimum atomic E-state index is -3.18. The maximum absolute atomic E-state index is 12.8. The zero-order valence-corrected chi connectivity index (χ0v) is 11.9. The smallest absolute Gasteiger partial charge is 0.282 e. The van der Waals surface area contributed by atoms with Gasteiger partial charge in [-0.25, -0.2) is 13.8 Å². The summed E-state index contributed by atoms with van der Waals surface area (Å²) in [5, 5.41) is 11.5. The number of hydrogen-bond acceptors (Lipinski definition) is 5. The van der Waals surface area contributed by atoms with Crippen LogP contribution in [0.1, 0.15) is 16.3 Å². The molecule has 2 aromatic heterocycles. The highest BCUT2D eigenvalue weighted by Crippen LogP contribution is 2.25. The summed E-state index contributed by atoms with van der Waals surface area (Å²) >= 11 is 1.40. The van der Waals surface area contributed by atoms with Crippen LogP contribution in [0, 0.1) is 13.8 Å². The molecule has 0 aliphatic heterocycles. The van der Waals surface area contributed by atoms with Gasteiger partial charge in [-0.3, -0.25) is 4.79 Å². The van der Waals surface area contributed by atoms with Crippen LogP contribution in [0.3, 0.4) is 0 Å². The van der Waals surface area contributed by atoms with Crippen molar-refractivity contribution in [3.63, 3.8) is 0 Å². The molecule has 3 N–H and O–H groups in total. The summed E-state index contributed by atoms with van der Waals surface area (Å²) in [4.78, 5) is 20.4. The van der Waals surface area contributed by atoms with Crippen LogP contribution in [0.4, 0.5) is 8.78 Å². The summed E-state index contributed by atoms with van der Waals surface area (Å²) in [7, 11) is 0. The molecule has 0 unspecified atom stereocenters. The number of halogens is 2. The van der Waals surface area contributed by atoms with Gasteiger partial charge in [0.15, 0.2) is 0 Å². The number of aromatic nitrogens is 2. The lowest BCUT2D eigenvalue weighted by Crippen LogP contribution is -2.36. The van der Waals surface area contributed by atoms with E-state index < -0.39 is 19.1 Å². The molecule has 8 heteroatoms. The van der Waals surface area contributed by atoms with Crippen molar-refractivity contribution < 1.29 is 13.9 Å². The number of H-pyrrole nitrogens is 1. The zero-order valence-electron chi connectivity index (χ0n) is 11.1. The Morgan fingerprint density at radius 3 is 2.80 bits per heavy atom. The van der Waals surface area contributed by atoms with Crippen molar-refractivity contribution in [3.8, 4) is 0 Å². The Labute approximate surface area is 117 Å². The Hall–Kier alpha value is -1.38. The summed E-state index contributed by atoms with van der Waals surface area (Å²) in [6.45, 7) is 1.88. The van der Waals surface area contributed by atoms with Gasteiger partial charge in [0.1, 0.15) is 17.3 Å². The number of aromatic amines is 1. The van der Waals surface area contributed by atoms with Gasteiger partial charge < -0.3 is 15.4 Å². The number of aryl methyl sites for hydroxylation is 2. The molecule has 0 saturated carbocycles. The molecule has 0 amide bonds. The van der Waals surface area contributed by atoms with Crippen molar-refractivity contribution >= 4 is 21.6 Å². The number of nitrogens with zero attached hydrogens (tertiary/aromatic N) is 1. The Morgan fingerprint density at radius 2 is 2.15 bits per heavy atom. The summed E-state index contributed by atoms with van der Waals surface area (Å²) in [5.41, 5.74) is 0.632. The fraction of sp³-hybridized carbons (Fsp3) is 0.500. The first-order chi connectivity index (χ1) is 9.34. The van der Waals surface area contributed by atoms with Crippen LogP contribution in [0.5, 0.6) is 0 Å². The molecule has 0 saturated heterocycles. The van der Waals surface area contributed by atoms with Crippen LogP contribution in [0.2, 0.25) is 0 Å². The Balaban J connectivity index is 2.18. The summed E-state index contributed by atoms with van der Waals surface area (Å²) < 4.78 is 25.7. The zero-order chi connectivity index (χ0) is 14.9. The molecule has 110 valence electrons. The molecular formula is C12H15F2N3O2S. The average molecular weight is 303 g/mol. The number of hydrogen-bond donors (Lipinski definition) is 3. The third-order valence-electron chi connectivity index (χ3n) is 3.00. The third-order valence-corrected chi connectivity index (χ3v) is 4.10. The van der Waals surface area contributed by atoms with Gasteiger partial charge in [0.25, 0.3) is 11.5 Å². The van der Waals surface area contributed by atoms with Gasteiger partial charge in [-0.05, 0) is 19.4 Å². The van der Waals surface area contributed by atoms with Crippen molar-refractivity contribution in [1.29, 1.82) is 0 Å². The first kappa shape index (κ1) is 15.0. The Bertz CT molecular complexity index is 681. The lowest BCUT2D eigenvalue weighted by molar-refractivity contribution is -0.0478. The molecule has 2 heterocycles. The maximum atomic E-state index is 12.8. The number of aliphatic hydroxyl groups excluding tert-OH is 1. The van der Waals surface area contributed by atoms with Gasteiger partial charge in [0.05, 0.1) is 18.5 Å². The lowest BCUT2D eigenvalue weighted by Gasteiger charge is -2.13. The predicted molar refractivity (Wildman–Crippen MR) is 73.5 cm³/mol. The van der Waals surface area contributed by atoms with E-state index in [0.29, 0.717) is 16.0 Å². The summed E-state index contributed by atoms with van der Waals surface area (Å²) in [6.07, 6.45) is 0. The number of nitrogens with one attached hydrogen (secondary N) is 2. The maximum Gasteiger partial charge on any atom is 0.282 e. The van der Waals surface area contributed by atoms with Gasteiger partial charge in [0.2, 0.25) is 0 Å². The van der Waals surface area contributed by atoms with Crippen LogP contribution >= 0.6 is 11.3 Å². The van der Waals surface area contributed by atoms with E-state index in [9.17, 15) is 13.6 Å². The van der Waals surface area contributed by atoms with Crippen molar-refractivity contribution in [3.05, 3.63) is 26.6 Å². The number of aliphatic hydroxyl groups is 1. The van der Waals surface area contributed by atoms with Crippen LogP contribution in [-0.2, 0) is 6.54 Å². The second-order valence-electron chi connectivity index (χ2n) is 4.59. The molecule has 0 aromatic carbocycles. The lowest BCUT2D eigenvalue weighted by atomic mass is 10.2. The molecule has 2 aromatic rings. The van der Waals surface area contributed by atoms with Crippen molar-refractivity contribution in [1.82, 2.24) is 15.3 Å². The van der Waals surface area contributed by atoms with Gasteiger partial charge in [-0.15, -0.1) is 11.3 Å². The standard InChI is InChI=1S/C12H15F2N3O2S/c1-6-7(2)20-11-9(6)10(19)16-8(17-11)3-15-4-12(13,14)5-18/h15,18H,3-5H2,1-2H3,(H,16,17,19). The Kier molecular flexibility index (Phi) is 4.17. The normalized spacial score (nSPS) is 12.2. The minimum absolute atomic E-state index is 0.0107. The van der Waals surface area contributed by atoms with E-state index in [4.69, 9.17) is 5.11 Å². The molecule has 20 heavy (non-hydrogen) atoms. The average Bonchev–Trinajstić information content (AvgIpc) is 2.65. The van der Waals surface area contributed by atoms with Crippen LogP contribution in [0.25, 0.3) is 10.2 Å². The second-order valence-corrected chi connectivity index (χ2v) is 5.80.